The van der Waals surface area contributed by atoms with E-state index in [2.05, 4.69) is 30.0 Å². The van der Waals surface area contributed by atoms with Crippen molar-refractivity contribution in [1.29, 1.82) is 0 Å². The lowest BCUT2D eigenvalue weighted by Crippen LogP contribution is -2.60. The molecule has 1 aromatic heterocycles. The Bertz CT molecular complexity index is 990. The number of rotatable bonds is 4. The molecule has 1 atom stereocenters. The minimum atomic E-state index is -3.87. The number of nitrogens with zero attached hydrogens (tertiary/aromatic N) is 2. The average molecular weight is 399 g/mol. The van der Waals surface area contributed by atoms with E-state index in [1.165, 1.54) is 6.07 Å². The van der Waals surface area contributed by atoms with Crippen LogP contribution in [0.15, 0.2) is 33.7 Å². The van der Waals surface area contributed by atoms with Gasteiger partial charge >= 0.3 is 6.43 Å². The van der Waals surface area contributed by atoms with Gasteiger partial charge in [0.15, 0.2) is 12.0 Å². The molecule has 3 N–H and O–H groups in total. The summed E-state index contributed by atoms with van der Waals surface area (Å²) in [7, 11) is -3.87. The van der Waals surface area contributed by atoms with Crippen LogP contribution in [0.5, 0.6) is 0 Å². The number of anilines is 1. The molecule has 2 aromatic rings. The van der Waals surface area contributed by atoms with Gasteiger partial charge in [0.05, 0.1) is 5.69 Å². The van der Waals surface area contributed by atoms with Gasteiger partial charge in [-0.3, -0.25) is 4.79 Å². The highest BCUT2D eigenvalue weighted by molar-refractivity contribution is 7.89. The number of carbonyl (C=O) groups excluding carboxylic acids is 1. The Balaban J connectivity index is 1.56. The Hall–Kier alpha value is -2.60. The molecular weight excluding hydrogens is 384 g/mol. The van der Waals surface area contributed by atoms with Gasteiger partial charge in [-0.05, 0) is 31.4 Å². The molecule has 0 saturated heterocycles. The SMILES string of the molecule is O=C(NC1(c2noc(C(F)F)n2)CCC1)C1Nc2ccccc2S(=O)(=O)N1. The van der Waals surface area contributed by atoms with E-state index in [4.69, 9.17) is 0 Å². The van der Waals surface area contributed by atoms with Crippen LogP contribution in [-0.4, -0.2) is 30.6 Å². The van der Waals surface area contributed by atoms with Crippen molar-refractivity contribution >= 4 is 21.6 Å². The van der Waals surface area contributed by atoms with Gasteiger partial charge in [-0.25, -0.2) is 8.42 Å². The molecule has 1 amide bonds. The molecule has 12 heteroatoms. The molecule has 1 aliphatic carbocycles. The van der Waals surface area contributed by atoms with Crippen molar-refractivity contribution in [2.24, 2.45) is 0 Å². The smallest absolute Gasteiger partial charge is 0.315 e. The second-order valence-corrected chi connectivity index (χ2v) is 8.06. The van der Waals surface area contributed by atoms with E-state index in [-0.39, 0.29) is 10.7 Å². The molecule has 2 aliphatic rings. The van der Waals surface area contributed by atoms with Crippen LogP contribution in [0.1, 0.15) is 37.4 Å². The first-order valence-electron chi connectivity index (χ1n) is 8.13. The maximum atomic E-state index is 12.7. The summed E-state index contributed by atoms with van der Waals surface area (Å²) in [4.78, 5) is 16.4. The molecule has 0 radical (unpaired) electrons. The zero-order valence-corrected chi connectivity index (χ0v) is 14.6. The summed E-state index contributed by atoms with van der Waals surface area (Å²) in [5.74, 6) is -1.54. The van der Waals surface area contributed by atoms with Crippen molar-refractivity contribution in [1.82, 2.24) is 20.2 Å². The van der Waals surface area contributed by atoms with Gasteiger partial charge in [-0.1, -0.05) is 17.3 Å². The van der Waals surface area contributed by atoms with Crippen LogP contribution in [0, 0.1) is 0 Å². The second kappa shape index (κ2) is 6.23. The fraction of sp³-hybridized carbons (Fsp3) is 0.400. The highest BCUT2D eigenvalue weighted by Gasteiger charge is 2.46. The maximum absolute atomic E-state index is 12.7. The fourth-order valence-electron chi connectivity index (χ4n) is 3.10. The Morgan fingerprint density at radius 1 is 1.33 bits per heavy atom. The van der Waals surface area contributed by atoms with Crippen molar-refractivity contribution in [3.8, 4) is 0 Å². The van der Waals surface area contributed by atoms with E-state index in [0.717, 1.165) is 6.42 Å². The zero-order valence-electron chi connectivity index (χ0n) is 13.8. The lowest BCUT2D eigenvalue weighted by Gasteiger charge is -2.41. The molecule has 0 bridgehead atoms. The van der Waals surface area contributed by atoms with E-state index >= 15 is 0 Å². The Morgan fingerprint density at radius 3 is 2.70 bits per heavy atom. The summed E-state index contributed by atoms with van der Waals surface area (Å²) in [6.45, 7) is 0. The van der Waals surface area contributed by atoms with Crippen LogP contribution in [0.25, 0.3) is 0 Å². The van der Waals surface area contributed by atoms with Gasteiger partial charge in [0.2, 0.25) is 10.0 Å². The highest BCUT2D eigenvalue weighted by atomic mass is 32.2. The number of aromatic nitrogens is 2. The third-order valence-corrected chi connectivity index (χ3v) is 6.12. The van der Waals surface area contributed by atoms with E-state index < -0.39 is 40.0 Å². The summed E-state index contributed by atoms with van der Waals surface area (Å²) in [5.41, 5.74) is -0.767. The first kappa shape index (κ1) is 17.8. The summed E-state index contributed by atoms with van der Waals surface area (Å²) < 4.78 is 56.8. The molecule has 1 aromatic carbocycles. The first-order chi connectivity index (χ1) is 12.8. The number of para-hydroxylation sites is 1. The summed E-state index contributed by atoms with van der Waals surface area (Å²) in [6, 6.07) is 6.17. The number of benzene rings is 1. The largest absolute Gasteiger partial charge is 0.360 e. The summed E-state index contributed by atoms with van der Waals surface area (Å²) in [6.07, 6.45) is -2.59. The van der Waals surface area contributed by atoms with E-state index in [0.29, 0.717) is 18.5 Å². The van der Waals surface area contributed by atoms with Gasteiger partial charge in [0, 0.05) is 0 Å². The van der Waals surface area contributed by atoms with Crippen molar-refractivity contribution in [2.45, 2.75) is 42.3 Å². The average Bonchev–Trinajstić information content (AvgIpc) is 3.08. The standard InChI is InChI=1S/C15H15F2N5O4S/c16-10(17)13-19-14(21-26-13)15(6-3-7-15)20-12(23)11-18-8-4-1-2-5-9(8)27(24,25)22-11/h1-2,4-5,10-11,18,22H,3,6-7H2,(H,20,23). The second-order valence-electron chi connectivity index (χ2n) is 6.38. The molecular formula is C15H15F2N5O4S. The number of carbonyl (C=O) groups is 1. The quantitative estimate of drug-likeness (QED) is 0.706. The lowest BCUT2D eigenvalue weighted by molar-refractivity contribution is -0.125. The number of amides is 1. The summed E-state index contributed by atoms with van der Waals surface area (Å²) >= 11 is 0. The topological polar surface area (TPSA) is 126 Å². The number of nitrogens with one attached hydrogen (secondary N) is 3. The molecule has 1 unspecified atom stereocenters. The molecule has 9 nitrogen and oxygen atoms in total. The van der Waals surface area contributed by atoms with Crippen molar-refractivity contribution in [3.63, 3.8) is 0 Å². The van der Waals surface area contributed by atoms with E-state index in [9.17, 15) is 22.0 Å². The number of hydrogen-bond acceptors (Lipinski definition) is 7. The minimum Gasteiger partial charge on any atom is -0.360 e. The number of sulfonamides is 1. The molecule has 2 heterocycles. The van der Waals surface area contributed by atoms with Gasteiger partial charge in [0.25, 0.3) is 11.8 Å². The molecule has 27 heavy (non-hydrogen) atoms. The van der Waals surface area contributed by atoms with Gasteiger partial charge < -0.3 is 15.2 Å². The van der Waals surface area contributed by atoms with Gasteiger partial charge in [-0.15, -0.1) is 0 Å². The molecule has 4 rings (SSSR count). The van der Waals surface area contributed by atoms with Crippen molar-refractivity contribution < 1.29 is 26.5 Å². The summed E-state index contributed by atoms with van der Waals surface area (Å²) in [5, 5.41) is 9.04. The van der Waals surface area contributed by atoms with E-state index in [1.54, 1.807) is 18.2 Å². The predicted molar refractivity (Wildman–Crippen MR) is 87.1 cm³/mol. The highest BCUT2D eigenvalue weighted by Crippen LogP contribution is 2.40. The van der Waals surface area contributed by atoms with Crippen LogP contribution in [0.3, 0.4) is 0 Å². The number of alkyl halides is 2. The monoisotopic (exact) mass is 399 g/mol. The van der Waals surface area contributed by atoms with Gasteiger partial charge in [-0.2, -0.15) is 18.5 Å². The first-order valence-corrected chi connectivity index (χ1v) is 9.61. The Labute approximate surface area is 152 Å². The van der Waals surface area contributed by atoms with Crippen LogP contribution in [0.2, 0.25) is 0 Å². The third-order valence-electron chi connectivity index (χ3n) is 4.64. The van der Waals surface area contributed by atoms with Crippen LogP contribution in [-0.2, 0) is 20.4 Å². The lowest BCUT2D eigenvalue weighted by atomic mass is 9.76. The Morgan fingerprint density at radius 2 is 2.07 bits per heavy atom. The third kappa shape index (κ3) is 3.04. The van der Waals surface area contributed by atoms with Crippen molar-refractivity contribution in [3.05, 3.63) is 36.0 Å². The Kier molecular flexibility index (Phi) is 4.11. The fourth-order valence-corrected chi connectivity index (χ4v) is 4.38. The number of halogens is 2. The number of hydrogen-bond donors (Lipinski definition) is 3. The molecule has 1 fully saturated rings. The van der Waals surface area contributed by atoms with Crippen molar-refractivity contribution in [2.75, 3.05) is 5.32 Å². The minimum absolute atomic E-state index is 0.0344. The predicted octanol–water partition coefficient (Wildman–Crippen LogP) is 1.23. The maximum Gasteiger partial charge on any atom is 0.315 e. The number of fused-ring (bicyclic) bond motifs is 1. The molecule has 144 valence electrons. The van der Waals surface area contributed by atoms with Crippen LogP contribution in [0.4, 0.5) is 14.5 Å². The van der Waals surface area contributed by atoms with E-state index in [1.807, 2.05) is 0 Å². The zero-order chi connectivity index (χ0) is 19.2. The van der Waals surface area contributed by atoms with Gasteiger partial charge in [0.1, 0.15) is 10.4 Å². The molecule has 0 spiro atoms. The molecule has 1 saturated carbocycles. The molecule has 1 aliphatic heterocycles. The normalized spacial score (nSPS) is 22.4. The van der Waals surface area contributed by atoms with Crippen LogP contribution < -0.4 is 15.4 Å². The van der Waals surface area contributed by atoms with Crippen LogP contribution >= 0.6 is 0 Å².